The number of anilines is 1. The van der Waals surface area contributed by atoms with Gasteiger partial charge in [0, 0.05) is 33.6 Å². The van der Waals surface area contributed by atoms with Crippen LogP contribution in [0.1, 0.15) is 19.8 Å². The summed E-state index contributed by atoms with van der Waals surface area (Å²) in [7, 11) is -4.34. The average molecular weight is 602 g/mol. The molecule has 0 aliphatic heterocycles. The molecule has 0 unspecified atom stereocenters. The number of nitrogens with two attached hydrogens (primary N) is 1. The van der Waals surface area contributed by atoms with Crippen molar-refractivity contribution in [1.82, 2.24) is 4.57 Å². The van der Waals surface area contributed by atoms with Gasteiger partial charge in [0.2, 0.25) is 0 Å². The van der Waals surface area contributed by atoms with Gasteiger partial charge in [0.1, 0.15) is 4.90 Å². The highest BCUT2D eigenvalue weighted by Gasteiger charge is 2.21. The van der Waals surface area contributed by atoms with Crippen LogP contribution in [0.15, 0.2) is 95.9 Å². The Morgan fingerprint density at radius 1 is 0.821 bits per heavy atom. The van der Waals surface area contributed by atoms with Crippen LogP contribution in [0.2, 0.25) is 15.1 Å². The highest BCUT2D eigenvalue weighted by atomic mass is 35.5. The molecule has 202 valence electrons. The Morgan fingerprint density at radius 2 is 1.46 bits per heavy atom. The van der Waals surface area contributed by atoms with Crippen molar-refractivity contribution < 1.29 is 13.0 Å². The topological polar surface area (TPSA) is 85.3 Å². The number of aryl methyl sites for hydroxylation is 1. The molecule has 9 heteroatoms. The SMILES string of the molecule is CCCCn1c(-c2ccccc2)c(-c2ccccc2Cl)c2ccccc21.Nc1cc(Cl)c(S(=O)(=O)O)cc1Cl. The Labute approximate surface area is 243 Å². The van der Waals surface area contributed by atoms with Gasteiger partial charge in [-0.25, -0.2) is 0 Å². The number of unbranched alkanes of at least 4 members (excludes halogenated alkanes) is 1. The Balaban J connectivity index is 0.000000229. The fourth-order valence-corrected chi connectivity index (χ4v) is 5.92. The van der Waals surface area contributed by atoms with Crippen LogP contribution in [0.25, 0.3) is 33.3 Å². The standard InChI is InChI=1S/C24H22ClN.C6H5Cl2NO3S/c1-2-3-17-26-22-16-10-8-14-20(22)23(19-13-7-9-15-21(19)25)24(26)18-11-5-4-6-12-18;7-3-2-6(13(10,11)12)4(8)1-5(3)9/h4-16H,2-3,17H2,1H3;1-2H,9H2,(H,10,11,12). The van der Waals surface area contributed by atoms with Crippen LogP contribution in [0.3, 0.4) is 0 Å². The van der Waals surface area contributed by atoms with E-state index < -0.39 is 15.0 Å². The van der Waals surface area contributed by atoms with Gasteiger partial charge in [0.25, 0.3) is 10.1 Å². The van der Waals surface area contributed by atoms with Crippen LogP contribution in [-0.4, -0.2) is 17.5 Å². The van der Waals surface area contributed by atoms with Crippen LogP contribution in [0.4, 0.5) is 5.69 Å². The number of benzene rings is 4. The second-order valence-electron chi connectivity index (χ2n) is 8.87. The third-order valence-corrected chi connectivity index (χ3v) is 8.20. The number of hydrogen-bond acceptors (Lipinski definition) is 3. The maximum Gasteiger partial charge on any atom is 0.296 e. The highest BCUT2D eigenvalue weighted by Crippen LogP contribution is 2.43. The minimum Gasteiger partial charge on any atom is -0.397 e. The number of rotatable bonds is 6. The molecule has 5 rings (SSSR count). The molecule has 0 saturated heterocycles. The molecule has 0 spiro atoms. The number of nitrogens with zero attached hydrogens (tertiary/aromatic N) is 1. The number of aromatic nitrogens is 1. The van der Waals surface area contributed by atoms with Gasteiger partial charge in [-0.1, -0.05) is 115 Å². The van der Waals surface area contributed by atoms with Crippen LogP contribution >= 0.6 is 34.8 Å². The smallest absolute Gasteiger partial charge is 0.296 e. The van der Waals surface area contributed by atoms with E-state index in [2.05, 4.69) is 78.2 Å². The first-order valence-corrected chi connectivity index (χ1v) is 14.8. The first-order valence-electron chi connectivity index (χ1n) is 12.3. The molecule has 1 heterocycles. The van der Waals surface area contributed by atoms with E-state index in [1.807, 2.05) is 12.1 Å². The Morgan fingerprint density at radius 3 is 2.13 bits per heavy atom. The summed E-state index contributed by atoms with van der Waals surface area (Å²) in [6.45, 7) is 3.24. The number of fused-ring (bicyclic) bond motifs is 1. The Hall–Kier alpha value is -3.00. The molecule has 3 N–H and O–H groups in total. The number of nitrogen functional groups attached to an aromatic ring is 1. The van der Waals surface area contributed by atoms with Crippen molar-refractivity contribution in [2.24, 2.45) is 0 Å². The molecule has 5 nitrogen and oxygen atoms in total. The lowest BCUT2D eigenvalue weighted by Crippen LogP contribution is -2.00. The van der Waals surface area contributed by atoms with Gasteiger partial charge < -0.3 is 10.3 Å². The zero-order valence-electron chi connectivity index (χ0n) is 21.1. The van der Waals surface area contributed by atoms with Crippen LogP contribution < -0.4 is 5.73 Å². The first-order chi connectivity index (χ1) is 18.6. The lowest BCUT2D eigenvalue weighted by molar-refractivity contribution is 0.483. The quantitative estimate of drug-likeness (QED) is 0.150. The summed E-state index contributed by atoms with van der Waals surface area (Å²) in [5, 5.41) is 1.92. The summed E-state index contributed by atoms with van der Waals surface area (Å²) >= 11 is 17.7. The van der Waals surface area contributed by atoms with Gasteiger partial charge in [0.05, 0.1) is 21.4 Å². The van der Waals surface area contributed by atoms with E-state index in [1.165, 1.54) is 34.1 Å². The second kappa shape index (κ2) is 12.5. The van der Waals surface area contributed by atoms with Gasteiger partial charge >= 0.3 is 0 Å². The van der Waals surface area contributed by atoms with Gasteiger partial charge in [0.15, 0.2) is 0 Å². The van der Waals surface area contributed by atoms with Gasteiger partial charge in [-0.15, -0.1) is 0 Å². The fraction of sp³-hybridized carbons (Fsp3) is 0.133. The van der Waals surface area contributed by atoms with Gasteiger partial charge in [-0.2, -0.15) is 8.42 Å². The van der Waals surface area contributed by atoms with Crippen LogP contribution in [0, 0.1) is 0 Å². The Kier molecular flexibility index (Phi) is 9.26. The average Bonchev–Trinajstić information content (AvgIpc) is 3.24. The van der Waals surface area contributed by atoms with E-state index in [-0.39, 0.29) is 15.7 Å². The monoisotopic (exact) mass is 600 g/mol. The summed E-state index contributed by atoms with van der Waals surface area (Å²) < 4.78 is 32.5. The zero-order chi connectivity index (χ0) is 28.2. The molecule has 39 heavy (non-hydrogen) atoms. The largest absolute Gasteiger partial charge is 0.397 e. The van der Waals surface area contributed by atoms with Gasteiger partial charge in [-0.3, -0.25) is 4.55 Å². The fourth-order valence-electron chi connectivity index (χ4n) is 4.43. The summed E-state index contributed by atoms with van der Waals surface area (Å²) in [6, 6.07) is 29.6. The van der Waals surface area contributed by atoms with E-state index >= 15 is 0 Å². The normalized spacial score (nSPS) is 11.3. The number of halogens is 3. The molecule has 5 aromatic rings. The Bertz CT molecular complexity index is 1720. The van der Waals surface area contributed by atoms with Crippen molar-refractivity contribution in [2.45, 2.75) is 31.2 Å². The first kappa shape index (κ1) is 29.0. The van der Waals surface area contributed by atoms with Crippen molar-refractivity contribution in [3.05, 3.63) is 106 Å². The predicted octanol–water partition coefficient (Wildman–Crippen LogP) is 9.25. The summed E-state index contributed by atoms with van der Waals surface area (Å²) in [4.78, 5) is -0.451. The minimum atomic E-state index is -4.34. The third kappa shape index (κ3) is 6.43. The summed E-state index contributed by atoms with van der Waals surface area (Å²) in [5.74, 6) is 0. The summed E-state index contributed by atoms with van der Waals surface area (Å²) in [5.41, 5.74) is 11.6. The molecule has 0 amide bonds. The highest BCUT2D eigenvalue weighted by molar-refractivity contribution is 7.86. The molecular formula is C30H27Cl3N2O3S. The lowest BCUT2D eigenvalue weighted by Gasteiger charge is -2.13. The molecule has 0 radical (unpaired) electrons. The molecule has 0 atom stereocenters. The van der Waals surface area contributed by atoms with Crippen molar-refractivity contribution in [3.63, 3.8) is 0 Å². The van der Waals surface area contributed by atoms with Crippen molar-refractivity contribution in [1.29, 1.82) is 0 Å². The second-order valence-corrected chi connectivity index (χ2v) is 11.5. The minimum absolute atomic E-state index is 0.0250. The van der Waals surface area contributed by atoms with Gasteiger partial charge in [-0.05, 0) is 36.2 Å². The van der Waals surface area contributed by atoms with Crippen molar-refractivity contribution in [3.8, 4) is 22.4 Å². The molecule has 0 aliphatic rings. The molecule has 0 fully saturated rings. The van der Waals surface area contributed by atoms with E-state index in [9.17, 15) is 8.42 Å². The van der Waals surface area contributed by atoms with E-state index in [0.29, 0.717) is 0 Å². The van der Waals surface area contributed by atoms with Crippen LogP contribution in [-0.2, 0) is 16.7 Å². The lowest BCUT2D eigenvalue weighted by atomic mass is 9.98. The molecule has 0 aliphatic carbocycles. The molecule has 0 saturated carbocycles. The molecule has 1 aromatic heterocycles. The zero-order valence-corrected chi connectivity index (χ0v) is 24.2. The predicted molar refractivity (Wildman–Crippen MR) is 163 cm³/mol. The molecular weight excluding hydrogens is 575 g/mol. The van der Waals surface area contributed by atoms with Crippen LogP contribution in [0.5, 0.6) is 0 Å². The molecule has 0 bridgehead atoms. The maximum absolute atomic E-state index is 10.7. The summed E-state index contributed by atoms with van der Waals surface area (Å²) in [6.07, 6.45) is 2.32. The number of para-hydroxylation sites is 1. The third-order valence-electron chi connectivity index (χ3n) is 6.23. The number of hydrogen-bond donors (Lipinski definition) is 2. The van der Waals surface area contributed by atoms with Crippen molar-refractivity contribution in [2.75, 3.05) is 5.73 Å². The van der Waals surface area contributed by atoms with Crippen molar-refractivity contribution >= 4 is 61.5 Å². The van der Waals surface area contributed by atoms with E-state index in [1.54, 1.807) is 0 Å². The molecule has 4 aromatic carbocycles. The van der Waals surface area contributed by atoms with E-state index in [4.69, 9.17) is 45.1 Å². The van der Waals surface area contributed by atoms with E-state index in [0.717, 1.165) is 35.7 Å². The maximum atomic E-state index is 10.7.